The second-order valence-corrected chi connectivity index (χ2v) is 4.80. The lowest BCUT2D eigenvalue weighted by Crippen LogP contribution is -2.27. The second-order valence-electron chi connectivity index (χ2n) is 3.04. The fourth-order valence-electron chi connectivity index (χ4n) is 0.997. The van der Waals surface area contributed by atoms with Crippen molar-refractivity contribution in [2.24, 2.45) is 0 Å². The van der Waals surface area contributed by atoms with Crippen molar-refractivity contribution in [3.8, 4) is 0 Å². The molecule has 0 fully saturated rings. The molecular weight excluding hydrogens is 150 g/mol. The van der Waals surface area contributed by atoms with E-state index in [9.17, 15) is 0 Å². The van der Waals surface area contributed by atoms with Crippen molar-refractivity contribution in [3.05, 3.63) is 30.3 Å². The van der Waals surface area contributed by atoms with Gasteiger partial charge in [0.2, 0.25) is 0 Å². The van der Waals surface area contributed by atoms with Crippen LogP contribution in [0.25, 0.3) is 0 Å². The van der Waals surface area contributed by atoms with E-state index < -0.39 is 0 Å². The Hall–Kier alpha value is -0.603. The molecular formula is C9H15NSi. The van der Waals surface area contributed by atoms with Crippen LogP contribution in [0, 0.1) is 0 Å². The van der Waals surface area contributed by atoms with E-state index in [4.69, 9.17) is 0 Å². The van der Waals surface area contributed by atoms with Crippen LogP contribution in [-0.4, -0.2) is 34.7 Å². The number of hydrogen-bond acceptors (Lipinski definition) is 1. The molecule has 0 bridgehead atoms. The van der Waals surface area contributed by atoms with Gasteiger partial charge in [-0.2, -0.15) is 0 Å². The Bertz CT molecular complexity index is 196. The molecule has 0 saturated carbocycles. The van der Waals surface area contributed by atoms with Crippen LogP contribution in [0.15, 0.2) is 30.3 Å². The van der Waals surface area contributed by atoms with Gasteiger partial charge in [-0.25, -0.2) is 0 Å². The smallest absolute Gasteiger partial charge is 0.0703 e. The number of rotatable bonds is 3. The highest BCUT2D eigenvalue weighted by Gasteiger charge is 1.92. The minimum absolute atomic E-state index is 0.0330. The molecule has 11 heavy (non-hydrogen) atoms. The molecule has 0 unspecified atom stereocenters. The molecule has 0 aromatic heterocycles. The summed E-state index contributed by atoms with van der Waals surface area (Å²) in [5, 5.41) is 1.56. The van der Waals surface area contributed by atoms with E-state index in [0.29, 0.717) is 0 Å². The van der Waals surface area contributed by atoms with Gasteiger partial charge in [-0.05, 0) is 20.3 Å². The third-order valence-electron chi connectivity index (χ3n) is 1.69. The van der Waals surface area contributed by atoms with E-state index in [2.05, 4.69) is 49.3 Å². The molecule has 0 saturated heterocycles. The van der Waals surface area contributed by atoms with E-state index in [1.54, 1.807) is 5.19 Å². The molecule has 0 amide bonds. The average molecular weight is 165 g/mol. The summed E-state index contributed by atoms with van der Waals surface area (Å²) >= 11 is 0. The molecule has 0 spiro atoms. The molecule has 0 aliphatic carbocycles. The van der Waals surface area contributed by atoms with Gasteiger partial charge in [-0.15, -0.1) is 0 Å². The maximum Gasteiger partial charge on any atom is 0.0703 e. The van der Waals surface area contributed by atoms with Gasteiger partial charge >= 0.3 is 0 Å². The molecule has 0 aliphatic rings. The second kappa shape index (κ2) is 4.31. The minimum atomic E-state index is -0.0330. The van der Waals surface area contributed by atoms with E-state index >= 15 is 0 Å². The van der Waals surface area contributed by atoms with Crippen molar-refractivity contribution >= 4 is 14.7 Å². The molecule has 0 heterocycles. The molecule has 0 N–H and O–H groups in total. The summed E-state index contributed by atoms with van der Waals surface area (Å²) in [5.41, 5.74) is 0. The maximum atomic E-state index is 2.26. The van der Waals surface area contributed by atoms with Crippen LogP contribution in [0.3, 0.4) is 0 Å². The predicted octanol–water partition coefficient (Wildman–Crippen LogP) is -0.000200. The van der Waals surface area contributed by atoms with Gasteiger partial charge in [0.25, 0.3) is 0 Å². The van der Waals surface area contributed by atoms with Gasteiger partial charge in [0.05, 0.1) is 9.52 Å². The van der Waals surface area contributed by atoms with E-state index in [1.165, 1.54) is 6.17 Å². The standard InChI is InChI=1S/C9H15NSi/c1-10(2)8-11-9-6-4-3-5-7-9/h3-7H,8,11H2,1-2H3. The van der Waals surface area contributed by atoms with Crippen molar-refractivity contribution in [2.45, 2.75) is 0 Å². The molecule has 1 aromatic rings. The van der Waals surface area contributed by atoms with E-state index in [1.807, 2.05) is 0 Å². The van der Waals surface area contributed by atoms with Crippen LogP contribution in [0.1, 0.15) is 0 Å². The Morgan fingerprint density at radius 2 is 1.82 bits per heavy atom. The van der Waals surface area contributed by atoms with Gasteiger partial charge in [0.1, 0.15) is 0 Å². The molecule has 60 valence electrons. The van der Waals surface area contributed by atoms with Crippen LogP contribution in [0.4, 0.5) is 0 Å². The lowest BCUT2D eigenvalue weighted by molar-refractivity contribution is 0.478. The van der Waals surface area contributed by atoms with Gasteiger partial charge in [0, 0.05) is 0 Å². The molecule has 0 aliphatic heterocycles. The van der Waals surface area contributed by atoms with E-state index in [-0.39, 0.29) is 9.52 Å². The summed E-state index contributed by atoms with van der Waals surface area (Å²) in [6, 6.07) is 10.8. The highest BCUT2D eigenvalue weighted by Crippen LogP contribution is 1.81. The van der Waals surface area contributed by atoms with Crippen LogP contribution in [0.5, 0.6) is 0 Å². The Morgan fingerprint density at radius 3 is 2.36 bits per heavy atom. The van der Waals surface area contributed by atoms with Gasteiger partial charge in [-0.1, -0.05) is 35.5 Å². The van der Waals surface area contributed by atoms with Crippen molar-refractivity contribution < 1.29 is 0 Å². The molecule has 1 aromatic carbocycles. The Morgan fingerprint density at radius 1 is 1.18 bits per heavy atom. The van der Waals surface area contributed by atoms with Gasteiger partial charge in [-0.3, -0.25) is 0 Å². The summed E-state index contributed by atoms with van der Waals surface area (Å²) in [5.74, 6) is 0. The summed E-state index contributed by atoms with van der Waals surface area (Å²) in [6.07, 6.45) is 1.27. The van der Waals surface area contributed by atoms with Crippen LogP contribution in [-0.2, 0) is 0 Å². The fourth-order valence-corrected chi connectivity index (χ4v) is 2.31. The SMILES string of the molecule is CN(C)C[SiH2]c1ccccc1. The van der Waals surface area contributed by atoms with Crippen LogP contribution >= 0.6 is 0 Å². The zero-order chi connectivity index (χ0) is 8.10. The fraction of sp³-hybridized carbons (Fsp3) is 0.333. The first kappa shape index (κ1) is 8.49. The molecule has 1 rings (SSSR count). The quantitative estimate of drug-likeness (QED) is 0.570. The topological polar surface area (TPSA) is 3.24 Å². The zero-order valence-electron chi connectivity index (χ0n) is 7.25. The van der Waals surface area contributed by atoms with Crippen molar-refractivity contribution in [3.63, 3.8) is 0 Å². The first-order valence-corrected chi connectivity index (χ1v) is 5.68. The van der Waals surface area contributed by atoms with Crippen molar-refractivity contribution in [1.29, 1.82) is 0 Å². The Labute approximate surface area is 70.9 Å². The maximum absolute atomic E-state index is 2.26. The summed E-state index contributed by atoms with van der Waals surface area (Å²) < 4.78 is 0. The third-order valence-corrected chi connectivity index (χ3v) is 3.86. The summed E-state index contributed by atoms with van der Waals surface area (Å²) in [4.78, 5) is 2.26. The minimum Gasteiger partial charge on any atom is -0.312 e. The normalized spacial score (nSPS) is 11.5. The number of nitrogens with zero attached hydrogens (tertiary/aromatic N) is 1. The van der Waals surface area contributed by atoms with E-state index in [0.717, 1.165) is 0 Å². The molecule has 1 nitrogen and oxygen atoms in total. The Balaban J connectivity index is 2.39. The lowest BCUT2D eigenvalue weighted by Gasteiger charge is -2.07. The summed E-state index contributed by atoms with van der Waals surface area (Å²) in [6.45, 7) is 0. The highest BCUT2D eigenvalue weighted by molar-refractivity contribution is 6.53. The molecule has 0 radical (unpaired) electrons. The molecule has 0 atom stereocenters. The highest BCUT2D eigenvalue weighted by atomic mass is 28.2. The Kier molecular flexibility index (Phi) is 3.33. The summed E-state index contributed by atoms with van der Waals surface area (Å²) in [7, 11) is 4.24. The number of benzene rings is 1. The van der Waals surface area contributed by atoms with Crippen LogP contribution in [0.2, 0.25) is 0 Å². The largest absolute Gasteiger partial charge is 0.312 e. The predicted molar refractivity (Wildman–Crippen MR) is 53.2 cm³/mol. The van der Waals surface area contributed by atoms with Crippen molar-refractivity contribution in [2.75, 3.05) is 20.3 Å². The monoisotopic (exact) mass is 165 g/mol. The first-order valence-electron chi connectivity index (χ1n) is 3.97. The van der Waals surface area contributed by atoms with Gasteiger partial charge in [0.15, 0.2) is 0 Å². The zero-order valence-corrected chi connectivity index (χ0v) is 8.66. The molecule has 2 heteroatoms. The van der Waals surface area contributed by atoms with Crippen molar-refractivity contribution in [1.82, 2.24) is 4.90 Å². The lowest BCUT2D eigenvalue weighted by atomic mass is 10.4. The average Bonchev–Trinajstić information content (AvgIpc) is 2.03. The van der Waals surface area contributed by atoms with Gasteiger partial charge < -0.3 is 4.90 Å². The number of hydrogen-bond donors (Lipinski definition) is 0. The third kappa shape index (κ3) is 3.35. The first-order chi connectivity index (χ1) is 5.29. The van der Waals surface area contributed by atoms with Crippen LogP contribution < -0.4 is 5.19 Å².